The third kappa shape index (κ3) is 41.0. The van der Waals surface area contributed by atoms with Gasteiger partial charge in [-0.1, -0.05) is 41.5 Å². The number of unbranched alkanes of at least 4 members (excludes halogenated alkanes) is 1. The first-order valence-electron chi connectivity index (χ1n) is 45.6. The molecule has 0 aromatic carbocycles. The van der Waals surface area contributed by atoms with E-state index in [0.717, 1.165) is 51.3 Å². The summed E-state index contributed by atoms with van der Waals surface area (Å²) in [5.41, 5.74) is 11.1. The second-order valence-corrected chi connectivity index (χ2v) is 35.4. The molecule has 57 heteroatoms. The number of rotatable bonds is 62. The first kappa shape index (κ1) is 124. The summed E-state index contributed by atoms with van der Waals surface area (Å²) in [5, 5.41) is 159. The number of aliphatic hydroxyl groups is 7. The van der Waals surface area contributed by atoms with E-state index in [1.807, 2.05) is 16.0 Å². The molecule has 2 aliphatic rings. The summed E-state index contributed by atoms with van der Waals surface area (Å²) < 4.78 is 0. The number of hydrogen-bond acceptors (Lipinski definition) is 33. The molecule has 19 amide bonds. The third-order valence-electron chi connectivity index (χ3n) is 22.3. The van der Waals surface area contributed by atoms with Crippen molar-refractivity contribution in [2.24, 2.45) is 29.2 Å². The fourth-order valence-electron chi connectivity index (χ4n) is 14.3. The number of amides is 19. The molecule has 0 spiro atoms. The van der Waals surface area contributed by atoms with Crippen LogP contribution in [0.2, 0.25) is 0 Å². The van der Waals surface area contributed by atoms with Gasteiger partial charge in [0.05, 0.1) is 57.1 Å². The lowest BCUT2D eigenvalue weighted by atomic mass is 10.00. The van der Waals surface area contributed by atoms with Crippen LogP contribution in [0.3, 0.4) is 0 Å². The van der Waals surface area contributed by atoms with Gasteiger partial charge >= 0.3 is 29.8 Å². The van der Waals surface area contributed by atoms with Crippen molar-refractivity contribution in [1.29, 1.82) is 0 Å². The minimum atomic E-state index is -2.15. The molecule has 2 aliphatic heterocycles. The highest BCUT2D eigenvalue weighted by molar-refractivity contribution is 6.03. The number of carbonyl (C=O) groups excluding carboxylic acids is 19. The molecule has 0 bridgehead atoms. The number of hydrogen-bond donors (Lipinski definition) is 31. The Hall–Kier alpha value is -13.1. The van der Waals surface area contributed by atoms with E-state index in [1.54, 1.807) is 27.7 Å². The molecule has 0 aromatic rings. The third-order valence-corrected chi connectivity index (χ3v) is 22.3. The maximum atomic E-state index is 14.4. The standard InChI is InChI=1S/C84H139N21O36/c1-34(2)28-48(72(128)99-60(36(5)6)84(140)141)95-76(132)53-19-16-26-104(53)82(138)39(9)89-80(136)62(41(11)110)102-78(134)59(35(3)4)98-73(129)50(30-58(119)120)93-69(125)46(21-23-55(113)114)91-66(122)38(8)88-79(135)61(40(10)109)101-77(133)54-20-17-27-105(54)83(139)64(43(13)112)103-75(131)52(33-108)96-68(124)45(18-14-15-25-85)90-65(121)37(7)87-71(127)49(29-57(117)118)94-74(130)51(32-107)97-81(137)63(42(12)111)100-70(126)47(22-24-56(115)116)92-67(123)44(86)31-106/h34-54,59-64,106-112H,14-33,85-86H2,1-13H3,(H,87,127)(H,88,135)(H,89,136)(H,90,121)(H,91,122)(H,92,123)(H,93,125)(H,94,130)(H,95,132)(H,96,124)(H,97,137)(H,98,129)(H,99,128)(H,100,126)(H,101,133)(H,102,134)(H,103,131)(H,113,114)(H,115,116)(H,117,118)(H,119,120)(H,140,141)/t37-,38-,39-,40+,41+,42+,43+,44-,45-,46-,47-,48-,49-,50-,51-,52-,53-,54-,59-,60-,61-,62-,63-,64-/m0/s1. The fourth-order valence-corrected chi connectivity index (χ4v) is 14.3. The summed E-state index contributed by atoms with van der Waals surface area (Å²) in [5.74, 6) is -32.3. The predicted octanol–water partition coefficient (Wildman–Crippen LogP) is -13.7. The zero-order valence-electron chi connectivity index (χ0n) is 80.4. The van der Waals surface area contributed by atoms with Crippen LogP contribution in [0, 0.1) is 17.8 Å². The molecule has 2 heterocycles. The molecule has 24 atom stereocenters. The molecular formula is C84H139N21O36. The van der Waals surface area contributed by atoms with Gasteiger partial charge in [-0.3, -0.25) is 110 Å². The molecule has 0 aromatic heterocycles. The molecule has 0 radical (unpaired) electrons. The number of aliphatic carboxylic acids is 5. The van der Waals surface area contributed by atoms with Crippen LogP contribution in [0.25, 0.3) is 0 Å². The number of nitrogens with one attached hydrogen (secondary N) is 17. The van der Waals surface area contributed by atoms with E-state index < -0.39 is 358 Å². The maximum absolute atomic E-state index is 14.4. The fraction of sp³-hybridized carbons (Fsp3) is 0.714. The van der Waals surface area contributed by atoms with E-state index in [1.165, 1.54) is 20.8 Å². The number of likely N-dealkylation sites (tertiary alicyclic amines) is 2. The number of aliphatic hydroxyl groups excluding tert-OH is 7. The van der Waals surface area contributed by atoms with Crippen LogP contribution in [-0.2, 0) is 115 Å². The predicted molar refractivity (Wildman–Crippen MR) is 483 cm³/mol. The molecule has 0 aliphatic carbocycles. The second-order valence-electron chi connectivity index (χ2n) is 35.4. The van der Waals surface area contributed by atoms with E-state index in [-0.39, 0.29) is 70.5 Å². The lowest BCUT2D eigenvalue weighted by Gasteiger charge is -2.32. The average molecular weight is 2020 g/mol. The van der Waals surface area contributed by atoms with Crippen molar-refractivity contribution < 1.29 is 176 Å². The number of carboxylic acid groups (broad SMARTS) is 5. The number of carboxylic acids is 5. The van der Waals surface area contributed by atoms with E-state index in [0.29, 0.717) is 6.42 Å². The van der Waals surface area contributed by atoms with Gasteiger partial charge in [-0.15, -0.1) is 0 Å². The average Bonchev–Trinajstić information content (AvgIpc) is 1.67. The SMILES string of the molecule is CC(C)C[C@H](NC(=O)[C@@H]1CCCN1C(=O)[C@H](C)NC(=O)[C@@H](NC(=O)[C@@H](NC(=O)[C@H](CC(=O)O)NC(=O)[C@H](CCC(=O)O)NC(=O)[C@H](C)NC(=O)[C@@H](NC(=O)[C@@H]1CCCN1C(=O)[C@@H](NC(=O)[C@H](CO)NC(=O)[C@H](CCCCN)NC(=O)[C@H](C)NC(=O)[C@H](CC(=O)O)NC(=O)[C@H](CO)NC(=O)[C@@H](NC(=O)[C@H](CCC(=O)O)NC(=O)[C@@H](N)CO)[C@@H](C)O)[C@@H](C)O)[C@@H](C)O)C(C)C)[C@@H](C)O)C(=O)N[C@H](C(=O)O)C(C)C. The van der Waals surface area contributed by atoms with Gasteiger partial charge in [-0.2, -0.15) is 0 Å². The Kier molecular flexibility index (Phi) is 52.9. The summed E-state index contributed by atoms with van der Waals surface area (Å²) in [4.78, 5) is 323. The lowest BCUT2D eigenvalue weighted by molar-refractivity contribution is -0.145. The van der Waals surface area contributed by atoms with Gasteiger partial charge in [0.1, 0.15) is 121 Å². The normalized spacial score (nSPS) is 18.2. The van der Waals surface area contributed by atoms with Crippen molar-refractivity contribution in [2.45, 2.75) is 325 Å². The number of nitrogens with two attached hydrogens (primary N) is 2. The Morgan fingerprint density at radius 2 is 0.617 bits per heavy atom. The van der Waals surface area contributed by atoms with Crippen LogP contribution < -0.4 is 102 Å². The molecule has 796 valence electrons. The maximum Gasteiger partial charge on any atom is 0.326 e. The highest BCUT2D eigenvalue weighted by atomic mass is 16.4. The Morgan fingerprint density at radius 3 is 1.02 bits per heavy atom. The van der Waals surface area contributed by atoms with Crippen molar-refractivity contribution >= 4 is 142 Å². The first-order chi connectivity index (χ1) is 65.7. The summed E-state index contributed by atoms with van der Waals surface area (Å²) in [6.07, 6.45) is -12.4. The minimum Gasteiger partial charge on any atom is -0.481 e. The Balaban J connectivity index is 2.30. The summed E-state index contributed by atoms with van der Waals surface area (Å²) >= 11 is 0. The van der Waals surface area contributed by atoms with Gasteiger partial charge in [0, 0.05) is 25.9 Å². The van der Waals surface area contributed by atoms with Gasteiger partial charge in [0.2, 0.25) is 112 Å². The Labute approximate surface area is 809 Å². The van der Waals surface area contributed by atoms with E-state index in [9.17, 15) is 176 Å². The van der Waals surface area contributed by atoms with Crippen molar-refractivity contribution in [3.8, 4) is 0 Å². The summed E-state index contributed by atoms with van der Waals surface area (Å²) in [6, 6.07) is -35.3. The molecule has 0 unspecified atom stereocenters. The minimum absolute atomic E-state index is 0.00860. The lowest BCUT2D eigenvalue weighted by Crippen LogP contribution is -2.63. The van der Waals surface area contributed by atoms with Crippen molar-refractivity contribution in [1.82, 2.24) is 100 Å². The molecule has 57 nitrogen and oxygen atoms in total. The van der Waals surface area contributed by atoms with Crippen LogP contribution in [0.15, 0.2) is 0 Å². The van der Waals surface area contributed by atoms with E-state index in [4.69, 9.17) is 11.5 Å². The molecule has 2 rings (SSSR count). The highest BCUT2D eigenvalue weighted by Gasteiger charge is 2.46. The van der Waals surface area contributed by atoms with Crippen molar-refractivity contribution in [3.05, 3.63) is 0 Å². The van der Waals surface area contributed by atoms with Gasteiger partial charge < -0.3 is 173 Å². The largest absolute Gasteiger partial charge is 0.481 e. The molecule has 33 N–H and O–H groups in total. The zero-order valence-corrected chi connectivity index (χ0v) is 80.4. The zero-order chi connectivity index (χ0) is 108. The van der Waals surface area contributed by atoms with Gasteiger partial charge in [-0.25, -0.2) is 4.79 Å². The molecular weight excluding hydrogens is 1880 g/mol. The van der Waals surface area contributed by atoms with Gasteiger partial charge in [0.25, 0.3) is 0 Å². The molecule has 141 heavy (non-hydrogen) atoms. The van der Waals surface area contributed by atoms with Crippen LogP contribution in [0.1, 0.15) is 180 Å². The molecule has 2 saturated heterocycles. The van der Waals surface area contributed by atoms with Gasteiger partial charge in [-0.05, 0) is 137 Å². The highest BCUT2D eigenvalue weighted by Crippen LogP contribution is 2.23. The van der Waals surface area contributed by atoms with Crippen LogP contribution >= 0.6 is 0 Å². The van der Waals surface area contributed by atoms with Crippen molar-refractivity contribution in [3.63, 3.8) is 0 Å². The quantitative estimate of drug-likeness (QED) is 0.0251. The van der Waals surface area contributed by atoms with E-state index >= 15 is 0 Å². The Bertz CT molecular complexity index is 4400. The van der Waals surface area contributed by atoms with Crippen LogP contribution in [0.5, 0.6) is 0 Å². The first-order valence-corrected chi connectivity index (χ1v) is 45.6. The molecule has 2 fully saturated rings. The number of nitrogens with zero attached hydrogens (tertiary/aromatic N) is 2. The topological polar surface area (TPSA) is 915 Å². The van der Waals surface area contributed by atoms with Crippen molar-refractivity contribution in [2.75, 3.05) is 39.5 Å². The Morgan fingerprint density at radius 1 is 0.305 bits per heavy atom. The monoisotopic (exact) mass is 2020 g/mol. The number of carbonyl (C=O) groups is 24. The van der Waals surface area contributed by atoms with E-state index in [2.05, 4.69) is 74.4 Å². The van der Waals surface area contributed by atoms with Crippen LogP contribution in [-0.4, -0.2) is 398 Å². The van der Waals surface area contributed by atoms with Gasteiger partial charge in [0.15, 0.2) is 0 Å². The smallest absolute Gasteiger partial charge is 0.326 e. The van der Waals surface area contributed by atoms with Crippen LogP contribution in [0.4, 0.5) is 0 Å². The summed E-state index contributed by atoms with van der Waals surface area (Å²) in [6.45, 7) is 13.1. The second kappa shape index (κ2) is 60.1. The molecule has 0 saturated carbocycles. The summed E-state index contributed by atoms with van der Waals surface area (Å²) in [7, 11) is 0.